The van der Waals surface area contributed by atoms with Gasteiger partial charge in [0.2, 0.25) is 0 Å². The van der Waals surface area contributed by atoms with E-state index in [1.54, 1.807) is 14.2 Å². The Kier molecular flexibility index (Phi) is 8.11. The monoisotopic (exact) mass is 182 g/mol. The summed E-state index contributed by atoms with van der Waals surface area (Å²) in [5, 5.41) is 0.737. The van der Waals surface area contributed by atoms with E-state index in [9.17, 15) is 0 Å². The molecule has 3 heteroatoms. The molecule has 0 heterocycles. The summed E-state index contributed by atoms with van der Waals surface area (Å²) < 4.78 is 4.25. The van der Waals surface area contributed by atoms with Crippen LogP contribution in [0.4, 0.5) is 0 Å². The van der Waals surface area contributed by atoms with Crippen molar-refractivity contribution in [1.29, 1.82) is 0 Å². The van der Waals surface area contributed by atoms with Crippen LogP contribution in [0, 0.1) is 0 Å². The molecule has 0 aliphatic heterocycles. The number of rotatable bonds is 1. The Morgan fingerprint density at radius 3 is 1.50 bits per heavy atom. The lowest BCUT2D eigenvalue weighted by Gasteiger charge is -2.20. The van der Waals surface area contributed by atoms with Crippen LogP contribution in [-0.4, -0.2) is 29.8 Å². The van der Waals surface area contributed by atoms with Gasteiger partial charge in [0.25, 0.3) is 0 Å². The van der Waals surface area contributed by atoms with E-state index in [1.165, 1.54) is 10.2 Å². The molecular weight excluding hydrogens is 164 g/mol. The molecule has 0 aromatic rings. The van der Waals surface area contributed by atoms with Crippen LogP contribution in [0.15, 0.2) is 0 Å². The normalized spacial score (nSPS) is 13.8. The summed E-state index contributed by atoms with van der Waals surface area (Å²) in [7, 11) is 4.43. The molecule has 0 amide bonds. The minimum atomic E-state index is 0.333. The highest BCUT2D eigenvalue weighted by Gasteiger charge is 2.16. The predicted molar refractivity (Wildman–Crippen MR) is 52.2 cm³/mol. The molecule has 0 saturated heterocycles. The molecule has 10 heavy (non-hydrogen) atoms. The zero-order chi connectivity index (χ0) is 8.78. The molecule has 0 radical (unpaired) electrons. The van der Waals surface area contributed by atoms with Gasteiger partial charge in [-0.15, -0.1) is 11.6 Å². The van der Waals surface area contributed by atoms with E-state index < -0.39 is 0 Å². The van der Waals surface area contributed by atoms with Crippen LogP contribution < -0.4 is 0 Å². The first kappa shape index (κ1) is 13.1. The predicted octanol–water partition coefficient (Wildman–Crippen LogP) is 1.44. The Hall–Kier alpha value is 0.467. The second-order valence-electron chi connectivity index (χ2n) is 3.39. The SMILES string of the molecule is CC(Cl)C(C)(C)[SiH3].COC. The zero-order valence-electron chi connectivity index (χ0n) is 7.86. The van der Waals surface area contributed by atoms with Crippen molar-refractivity contribution in [3.8, 4) is 0 Å². The van der Waals surface area contributed by atoms with Crippen LogP contribution in [0.5, 0.6) is 0 Å². The van der Waals surface area contributed by atoms with Crippen LogP contribution in [0.3, 0.4) is 0 Å². The highest BCUT2D eigenvalue weighted by molar-refractivity contribution is 6.27. The van der Waals surface area contributed by atoms with Gasteiger partial charge in [-0.05, 0) is 12.0 Å². The highest BCUT2D eigenvalue weighted by atomic mass is 35.5. The molecule has 1 atom stereocenters. The first-order valence-electron chi connectivity index (χ1n) is 3.40. The largest absolute Gasteiger partial charge is 0.388 e. The molecule has 0 aliphatic carbocycles. The Labute approximate surface area is 72.5 Å². The molecule has 1 nitrogen and oxygen atoms in total. The Balaban J connectivity index is 0. The molecule has 0 spiro atoms. The van der Waals surface area contributed by atoms with Gasteiger partial charge in [-0.25, -0.2) is 0 Å². The van der Waals surface area contributed by atoms with E-state index in [-0.39, 0.29) is 0 Å². The fourth-order valence-electron chi connectivity index (χ4n) is 0. The van der Waals surface area contributed by atoms with Crippen molar-refractivity contribution < 1.29 is 4.74 Å². The zero-order valence-corrected chi connectivity index (χ0v) is 10.6. The molecule has 0 bridgehead atoms. The van der Waals surface area contributed by atoms with Gasteiger partial charge in [0.15, 0.2) is 0 Å². The van der Waals surface area contributed by atoms with Crippen molar-refractivity contribution in [2.45, 2.75) is 31.2 Å². The van der Waals surface area contributed by atoms with E-state index in [4.69, 9.17) is 11.6 Å². The van der Waals surface area contributed by atoms with Crippen LogP contribution in [0.1, 0.15) is 20.8 Å². The maximum Gasteiger partial charge on any atom is 0.0351 e. The Morgan fingerprint density at radius 2 is 1.50 bits per heavy atom. The fraction of sp³-hybridized carbons (Fsp3) is 1.00. The van der Waals surface area contributed by atoms with Gasteiger partial charge in [-0.3, -0.25) is 0 Å². The van der Waals surface area contributed by atoms with Crippen molar-refractivity contribution in [2.75, 3.05) is 14.2 Å². The van der Waals surface area contributed by atoms with Crippen LogP contribution >= 0.6 is 11.6 Å². The quantitative estimate of drug-likeness (QED) is 0.441. The van der Waals surface area contributed by atoms with Crippen LogP contribution in [0.25, 0.3) is 0 Å². The van der Waals surface area contributed by atoms with E-state index in [0.717, 1.165) is 0 Å². The third-order valence-corrected chi connectivity index (χ3v) is 3.08. The molecule has 0 N–H and O–H groups in total. The summed E-state index contributed by atoms with van der Waals surface area (Å²) in [4.78, 5) is 0. The second-order valence-corrected chi connectivity index (χ2v) is 6.62. The number of ether oxygens (including phenoxy) is 1. The van der Waals surface area contributed by atoms with Crippen molar-refractivity contribution in [3.63, 3.8) is 0 Å². The number of hydrogen-bond acceptors (Lipinski definition) is 1. The van der Waals surface area contributed by atoms with Crippen molar-refractivity contribution in [1.82, 2.24) is 0 Å². The van der Waals surface area contributed by atoms with E-state index in [1.807, 2.05) is 0 Å². The van der Waals surface area contributed by atoms with Gasteiger partial charge in [-0.2, -0.15) is 0 Å². The standard InChI is InChI=1S/C5H13ClSi.C2H6O/c1-4(6)5(2,3)7;1-3-2/h4H,1-3,7H3;1-2H3. The second kappa shape index (κ2) is 6.19. The Bertz CT molecular complexity index is 68.5. The van der Waals surface area contributed by atoms with Gasteiger partial charge in [-0.1, -0.05) is 13.8 Å². The third-order valence-electron chi connectivity index (χ3n) is 1.19. The van der Waals surface area contributed by atoms with Crippen molar-refractivity contribution >= 4 is 21.8 Å². The molecule has 0 fully saturated rings. The van der Waals surface area contributed by atoms with Gasteiger partial charge < -0.3 is 4.74 Å². The van der Waals surface area contributed by atoms with Crippen molar-refractivity contribution in [2.24, 2.45) is 0 Å². The average molecular weight is 183 g/mol. The number of hydrogen-bond donors (Lipinski definition) is 0. The lowest BCUT2D eigenvalue weighted by Crippen LogP contribution is -2.13. The molecule has 1 unspecified atom stereocenters. The summed E-state index contributed by atoms with van der Waals surface area (Å²) in [6.07, 6.45) is 0. The van der Waals surface area contributed by atoms with Gasteiger partial charge >= 0.3 is 0 Å². The fourth-order valence-corrected chi connectivity index (χ4v) is 0. The van der Waals surface area contributed by atoms with Gasteiger partial charge in [0, 0.05) is 29.8 Å². The minimum Gasteiger partial charge on any atom is -0.388 e. The first-order chi connectivity index (χ1) is 4.36. The number of halogens is 1. The Morgan fingerprint density at radius 1 is 1.40 bits per heavy atom. The lowest BCUT2D eigenvalue weighted by atomic mass is 10.1. The average Bonchev–Trinajstić information content (AvgIpc) is 1.64. The smallest absolute Gasteiger partial charge is 0.0351 e. The molecule has 64 valence electrons. The number of methoxy groups -OCH3 is 1. The van der Waals surface area contributed by atoms with Crippen LogP contribution in [-0.2, 0) is 4.74 Å². The maximum atomic E-state index is 5.79. The molecule has 0 aromatic carbocycles. The summed E-state index contributed by atoms with van der Waals surface area (Å²) >= 11 is 5.79. The van der Waals surface area contributed by atoms with E-state index in [2.05, 4.69) is 25.5 Å². The molecule has 0 aromatic heterocycles. The van der Waals surface area contributed by atoms with E-state index in [0.29, 0.717) is 10.4 Å². The first-order valence-corrected chi connectivity index (χ1v) is 4.84. The lowest BCUT2D eigenvalue weighted by molar-refractivity contribution is 0.277. The summed E-state index contributed by atoms with van der Waals surface area (Å²) in [5.41, 5.74) is 0. The summed E-state index contributed by atoms with van der Waals surface area (Å²) in [5.74, 6) is 0. The molecule has 0 saturated carbocycles. The third kappa shape index (κ3) is 11.3. The number of alkyl halides is 1. The topological polar surface area (TPSA) is 9.23 Å². The van der Waals surface area contributed by atoms with Gasteiger partial charge in [0.05, 0.1) is 0 Å². The molecule has 0 aliphatic rings. The molecular formula is C7H19ClOSi. The van der Waals surface area contributed by atoms with Gasteiger partial charge in [0.1, 0.15) is 0 Å². The highest BCUT2D eigenvalue weighted by Crippen LogP contribution is 2.27. The molecule has 0 rings (SSSR count). The van der Waals surface area contributed by atoms with E-state index >= 15 is 0 Å². The summed E-state index contributed by atoms with van der Waals surface area (Å²) in [6, 6.07) is 0. The maximum absolute atomic E-state index is 5.79. The van der Waals surface area contributed by atoms with Crippen LogP contribution in [0.2, 0.25) is 5.04 Å². The minimum absolute atomic E-state index is 0.333. The summed E-state index contributed by atoms with van der Waals surface area (Å²) in [6.45, 7) is 6.43. The van der Waals surface area contributed by atoms with Crippen molar-refractivity contribution in [3.05, 3.63) is 0 Å².